The van der Waals surface area contributed by atoms with Gasteiger partial charge in [-0.05, 0) is 56.0 Å². The summed E-state index contributed by atoms with van der Waals surface area (Å²) in [4.78, 5) is 17.2. The van der Waals surface area contributed by atoms with Crippen molar-refractivity contribution in [2.45, 2.75) is 19.8 Å². The molecule has 0 atom stereocenters. The lowest BCUT2D eigenvalue weighted by molar-refractivity contribution is 0.0642. The highest BCUT2D eigenvalue weighted by molar-refractivity contribution is 6.30. The first-order valence-corrected chi connectivity index (χ1v) is 9.96. The minimum Gasteiger partial charge on any atom is -0.381 e. The van der Waals surface area contributed by atoms with Crippen molar-refractivity contribution in [2.24, 2.45) is 5.92 Å². The first kappa shape index (κ1) is 19.7. The number of aromatic nitrogens is 2. The Kier molecular flexibility index (Phi) is 5.69. The van der Waals surface area contributed by atoms with Crippen LogP contribution in [0.25, 0.3) is 5.52 Å². The average molecular weight is 417 g/mol. The van der Waals surface area contributed by atoms with Crippen molar-refractivity contribution in [3.8, 4) is 0 Å². The van der Waals surface area contributed by atoms with Crippen molar-refractivity contribution in [2.75, 3.05) is 25.1 Å². The van der Waals surface area contributed by atoms with E-state index in [4.69, 9.17) is 16.3 Å². The molecule has 3 heterocycles. The van der Waals surface area contributed by atoms with Crippen LogP contribution in [0.4, 0.5) is 15.9 Å². The second kappa shape index (κ2) is 8.39. The summed E-state index contributed by atoms with van der Waals surface area (Å²) in [5, 5.41) is 6.41. The molecule has 0 aliphatic carbocycles. The Hall–Kier alpha value is -2.64. The fourth-order valence-electron chi connectivity index (χ4n) is 3.55. The van der Waals surface area contributed by atoms with Gasteiger partial charge in [-0.15, -0.1) is 0 Å². The third kappa shape index (κ3) is 4.21. The molecule has 1 aromatic carbocycles. The molecule has 0 saturated carbocycles. The highest BCUT2D eigenvalue weighted by atomic mass is 35.5. The molecule has 1 saturated heterocycles. The number of carbonyl (C=O) groups is 1. The van der Waals surface area contributed by atoms with E-state index in [1.807, 2.05) is 23.5 Å². The molecule has 29 heavy (non-hydrogen) atoms. The molecule has 0 radical (unpaired) electrons. The summed E-state index contributed by atoms with van der Waals surface area (Å²) in [5.41, 5.74) is 2.22. The molecule has 2 aromatic heterocycles. The van der Waals surface area contributed by atoms with Gasteiger partial charge in [0.1, 0.15) is 11.5 Å². The van der Waals surface area contributed by atoms with Gasteiger partial charge in [0, 0.05) is 30.5 Å². The van der Waals surface area contributed by atoms with Crippen molar-refractivity contribution in [1.82, 2.24) is 14.7 Å². The minimum absolute atomic E-state index is 0.186. The number of benzene rings is 1. The van der Waals surface area contributed by atoms with E-state index in [9.17, 15) is 9.18 Å². The summed E-state index contributed by atoms with van der Waals surface area (Å²) >= 11 is 5.98. The van der Waals surface area contributed by atoms with E-state index in [1.165, 1.54) is 24.4 Å². The molecular weight excluding hydrogens is 395 g/mol. The third-order valence-corrected chi connectivity index (χ3v) is 5.42. The van der Waals surface area contributed by atoms with E-state index >= 15 is 0 Å². The van der Waals surface area contributed by atoms with Crippen molar-refractivity contribution in [1.29, 1.82) is 0 Å². The summed E-state index contributed by atoms with van der Waals surface area (Å²) < 4.78 is 21.3. The molecule has 1 fully saturated rings. The molecule has 8 heteroatoms. The molecule has 0 bridgehead atoms. The van der Waals surface area contributed by atoms with Gasteiger partial charge in [-0.25, -0.2) is 9.37 Å². The van der Waals surface area contributed by atoms with E-state index in [2.05, 4.69) is 15.6 Å². The summed E-state index contributed by atoms with van der Waals surface area (Å²) in [6, 6.07) is 8.02. The Morgan fingerprint density at radius 2 is 2.10 bits per heavy atom. The number of hydrogen-bond donors (Lipinski definition) is 2. The molecule has 152 valence electrons. The second-order valence-electron chi connectivity index (χ2n) is 7.20. The van der Waals surface area contributed by atoms with Gasteiger partial charge in [-0.2, -0.15) is 0 Å². The van der Waals surface area contributed by atoms with Crippen LogP contribution < -0.4 is 10.6 Å². The van der Waals surface area contributed by atoms with Crippen molar-refractivity contribution in [3.63, 3.8) is 0 Å². The summed E-state index contributed by atoms with van der Waals surface area (Å²) in [5.74, 6) is 0.249. The molecule has 1 amide bonds. The van der Waals surface area contributed by atoms with Gasteiger partial charge >= 0.3 is 0 Å². The van der Waals surface area contributed by atoms with Crippen LogP contribution in [0.3, 0.4) is 0 Å². The number of nitrogens with zero attached hydrogens (tertiary/aromatic N) is 2. The first-order valence-electron chi connectivity index (χ1n) is 9.58. The zero-order chi connectivity index (χ0) is 20.4. The Balaban J connectivity index is 1.60. The quantitative estimate of drug-likeness (QED) is 0.649. The van der Waals surface area contributed by atoms with E-state index in [0.717, 1.165) is 31.7 Å². The van der Waals surface area contributed by atoms with Crippen molar-refractivity contribution < 1.29 is 13.9 Å². The molecule has 0 spiro atoms. The fraction of sp³-hybridized carbons (Fsp3) is 0.333. The Morgan fingerprint density at radius 1 is 1.31 bits per heavy atom. The number of aryl methyl sites for hydroxylation is 1. The van der Waals surface area contributed by atoms with Crippen LogP contribution >= 0.6 is 11.6 Å². The third-order valence-electron chi connectivity index (χ3n) is 5.18. The maximum Gasteiger partial charge on any atom is 0.269 e. The highest BCUT2D eigenvalue weighted by Gasteiger charge is 2.19. The topological polar surface area (TPSA) is 67.7 Å². The van der Waals surface area contributed by atoms with Gasteiger partial charge in [0.15, 0.2) is 5.82 Å². The van der Waals surface area contributed by atoms with Gasteiger partial charge in [-0.3, -0.25) is 4.79 Å². The monoisotopic (exact) mass is 416 g/mol. The smallest absolute Gasteiger partial charge is 0.269 e. The average Bonchev–Trinajstić information content (AvgIpc) is 3.12. The van der Waals surface area contributed by atoms with E-state index < -0.39 is 5.82 Å². The second-order valence-corrected chi connectivity index (χ2v) is 7.64. The van der Waals surface area contributed by atoms with Crippen LogP contribution in [0.1, 0.15) is 29.0 Å². The van der Waals surface area contributed by atoms with Crippen LogP contribution in [-0.4, -0.2) is 35.1 Å². The van der Waals surface area contributed by atoms with Gasteiger partial charge in [0.25, 0.3) is 5.91 Å². The molecule has 2 N–H and O–H groups in total. The summed E-state index contributed by atoms with van der Waals surface area (Å²) in [6.07, 6.45) is 3.40. The summed E-state index contributed by atoms with van der Waals surface area (Å²) in [7, 11) is 0. The number of carbonyl (C=O) groups excluding carboxylic acids is 1. The van der Waals surface area contributed by atoms with E-state index in [1.54, 1.807) is 0 Å². The Labute approximate surface area is 173 Å². The van der Waals surface area contributed by atoms with Gasteiger partial charge < -0.3 is 19.8 Å². The highest BCUT2D eigenvalue weighted by Crippen LogP contribution is 2.27. The molecule has 0 unspecified atom stereocenters. The largest absolute Gasteiger partial charge is 0.381 e. The number of anilines is 2. The van der Waals surface area contributed by atoms with Crippen LogP contribution in [0.15, 0.2) is 36.5 Å². The lowest BCUT2D eigenvalue weighted by atomic mass is 10.0. The normalized spacial score (nSPS) is 14.9. The number of fused-ring (bicyclic) bond motifs is 1. The number of nitrogens with one attached hydrogen (secondary N) is 2. The number of halogens is 2. The van der Waals surface area contributed by atoms with Crippen LogP contribution in [0.2, 0.25) is 5.02 Å². The lowest BCUT2D eigenvalue weighted by Gasteiger charge is -2.22. The SMILES string of the molecule is Cc1ccc2c(Nc3cc(Cl)ccc3F)ncc(C(=O)NCC3CCOCC3)n12. The lowest BCUT2D eigenvalue weighted by Crippen LogP contribution is -2.33. The summed E-state index contributed by atoms with van der Waals surface area (Å²) in [6.45, 7) is 4.00. The molecule has 3 aromatic rings. The molecule has 1 aliphatic heterocycles. The van der Waals surface area contributed by atoms with Crippen molar-refractivity contribution in [3.05, 3.63) is 58.8 Å². The molecule has 1 aliphatic rings. The van der Waals surface area contributed by atoms with Gasteiger partial charge in [0.05, 0.1) is 17.4 Å². The molecular formula is C21H22ClFN4O2. The molecule has 6 nitrogen and oxygen atoms in total. The minimum atomic E-state index is -0.434. The molecule has 4 rings (SSSR count). The van der Waals surface area contributed by atoms with E-state index in [0.29, 0.717) is 34.5 Å². The Bertz CT molecular complexity index is 1050. The van der Waals surface area contributed by atoms with Crippen molar-refractivity contribution >= 4 is 34.5 Å². The standard InChI is InChI=1S/C21H22ClFN4O2/c1-13-2-5-18-20(26-17-10-15(22)3-4-16(17)23)24-12-19(27(13)18)21(28)25-11-14-6-8-29-9-7-14/h2-5,10,12,14H,6-9,11H2,1H3,(H,24,26)(H,25,28). The number of rotatable bonds is 5. The van der Waals surface area contributed by atoms with Gasteiger partial charge in [-0.1, -0.05) is 11.6 Å². The number of ether oxygens (including phenoxy) is 1. The number of amides is 1. The Morgan fingerprint density at radius 3 is 2.90 bits per heavy atom. The zero-order valence-corrected chi connectivity index (χ0v) is 16.8. The first-order chi connectivity index (χ1) is 14.0. The zero-order valence-electron chi connectivity index (χ0n) is 16.0. The maximum atomic E-state index is 14.1. The van der Waals surface area contributed by atoms with Gasteiger partial charge in [0.2, 0.25) is 0 Å². The van der Waals surface area contributed by atoms with Crippen LogP contribution in [0.5, 0.6) is 0 Å². The number of hydrogen-bond acceptors (Lipinski definition) is 4. The fourth-order valence-corrected chi connectivity index (χ4v) is 3.72. The van der Waals surface area contributed by atoms with E-state index in [-0.39, 0.29) is 11.6 Å². The predicted molar refractivity (Wildman–Crippen MR) is 110 cm³/mol. The predicted octanol–water partition coefficient (Wildman–Crippen LogP) is 4.34. The van der Waals surface area contributed by atoms with Crippen LogP contribution in [0, 0.1) is 18.7 Å². The van der Waals surface area contributed by atoms with Crippen LogP contribution in [-0.2, 0) is 4.74 Å². The maximum absolute atomic E-state index is 14.1.